The second kappa shape index (κ2) is 9.79. The number of carbonyl (C=O) groups is 2. The van der Waals surface area contributed by atoms with Crippen LogP contribution < -0.4 is 14.4 Å². The van der Waals surface area contributed by atoms with Gasteiger partial charge in [-0.1, -0.05) is 6.07 Å². The van der Waals surface area contributed by atoms with Gasteiger partial charge >= 0.3 is 0 Å². The van der Waals surface area contributed by atoms with E-state index in [1.54, 1.807) is 73.1 Å². The van der Waals surface area contributed by atoms with E-state index in [4.69, 9.17) is 9.47 Å². The number of aliphatic hydroxyl groups excluding tert-OH is 1. The van der Waals surface area contributed by atoms with Crippen LogP contribution in [0.4, 0.5) is 5.69 Å². The average molecular weight is 459 g/mol. The normalized spacial score (nSPS) is 17.3. The minimum Gasteiger partial charge on any atom is -0.507 e. The molecule has 0 radical (unpaired) electrons. The van der Waals surface area contributed by atoms with Crippen molar-refractivity contribution in [2.45, 2.75) is 32.9 Å². The van der Waals surface area contributed by atoms with Gasteiger partial charge in [0.2, 0.25) is 0 Å². The number of aromatic nitrogens is 1. The standard InChI is InChI=1S/C27H26N2O5/c1-4-33-21-13-9-20(10-14-21)29-24(19-6-5-15-28-16-19)23(26(31)27(29)32)25(30)18-7-11-22(12-8-18)34-17(2)3/h5-17,24,30H,4H2,1-3H3/b25-23-. The molecule has 0 bridgehead atoms. The van der Waals surface area contributed by atoms with Crippen molar-refractivity contribution in [3.8, 4) is 11.5 Å². The van der Waals surface area contributed by atoms with E-state index in [0.717, 1.165) is 0 Å². The zero-order chi connectivity index (χ0) is 24.2. The third kappa shape index (κ3) is 4.50. The first-order valence-corrected chi connectivity index (χ1v) is 11.1. The molecular formula is C27H26N2O5. The molecule has 1 aliphatic heterocycles. The first-order valence-electron chi connectivity index (χ1n) is 11.1. The fraction of sp³-hybridized carbons (Fsp3) is 0.222. The maximum absolute atomic E-state index is 13.2. The predicted octanol–water partition coefficient (Wildman–Crippen LogP) is 4.89. The first-order chi connectivity index (χ1) is 16.4. The number of aliphatic hydroxyl groups is 1. The highest BCUT2D eigenvalue weighted by atomic mass is 16.5. The fourth-order valence-corrected chi connectivity index (χ4v) is 3.94. The third-order valence-electron chi connectivity index (χ3n) is 5.37. The van der Waals surface area contributed by atoms with Gasteiger partial charge in [-0.15, -0.1) is 0 Å². The number of rotatable bonds is 7. The Morgan fingerprint density at radius 2 is 1.71 bits per heavy atom. The number of carbonyl (C=O) groups excluding carboxylic acids is 2. The Labute approximate surface area is 198 Å². The van der Waals surface area contributed by atoms with Crippen LogP contribution in [0.5, 0.6) is 11.5 Å². The Morgan fingerprint density at radius 3 is 2.29 bits per heavy atom. The molecule has 2 heterocycles. The molecule has 1 aromatic heterocycles. The summed E-state index contributed by atoms with van der Waals surface area (Å²) in [7, 11) is 0. The summed E-state index contributed by atoms with van der Waals surface area (Å²) in [5.74, 6) is -0.437. The van der Waals surface area contributed by atoms with Crippen molar-refractivity contribution in [2.24, 2.45) is 0 Å². The van der Waals surface area contributed by atoms with Crippen LogP contribution in [-0.2, 0) is 9.59 Å². The molecule has 3 aromatic rings. The van der Waals surface area contributed by atoms with Crippen molar-refractivity contribution in [1.82, 2.24) is 4.98 Å². The highest BCUT2D eigenvalue weighted by molar-refractivity contribution is 6.51. The molecule has 174 valence electrons. The number of hydrogen-bond donors (Lipinski definition) is 1. The molecule has 34 heavy (non-hydrogen) atoms. The number of anilines is 1. The molecule has 1 N–H and O–H groups in total. The molecule has 2 aromatic carbocycles. The van der Waals surface area contributed by atoms with Crippen LogP contribution >= 0.6 is 0 Å². The van der Waals surface area contributed by atoms with Crippen LogP contribution in [0.25, 0.3) is 5.76 Å². The summed E-state index contributed by atoms with van der Waals surface area (Å²) >= 11 is 0. The topological polar surface area (TPSA) is 89.0 Å². The quantitative estimate of drug-likeness (QED) is 0.308. The average Bonchev–Trinajstić information content (AvgIpc) is 3.10. The molecule has 7 heteroatoms. The van der Waals surface area contributed by atoms with Crippen molar-refractivity contribution in [2.75, 3.05) is 11.5 Å². The van der Waals surface area contributed by atoms with E-state index < -0.39 is 17.7 Å². The summed E-state index contributed by atoms with van der Waals surface area (Å²) in [4.78, 5) is 31.9. The van der Waals surface area contributed by atoms with Crippen LogP contribution in [0, 0.1) is 0 Å². The van der Waals surface area contributed by atoms with Gasteiger partial charge in [0, 0.05) is 23.6 Å². The lowest BCUT2D eigenvalue weighted by Gasteiger charge is -2.25. The summed E-state index contributed by atoms with van der Waals surface area (Å²) in [5, 5.41) is 11.2. The van der Waals surface area contributed by atoms with E-state index >= 15 is 0 Å². The lowest BCUT2D eigenvalue weighted by Crippen LogP contribution is -2.29. The van der Waals surface area contributed by atoms with Crippen molar-refractivity contribution in [3.63, 3.8) is 0 Å². The SMILES string of the molecule is CCOc1ccc(N2C(=O)C(=O)/C(=C(\O)c3ccc(OC(C)C)cc3)C2c2cccnc2)cc1. The molecule has 1 aliphatic rings. The van der Waals surface area contributed by atoms with Crippen LogP contribution in [-0.4, -0.2) is 34.5 Å². The number of amides is 1. The number of benzene rings is 2. The van der Waals surface area contributed by atoms with Crippen LogP contribution in [0.1, 0.15) is 37.9 Å². The minimum atomic E-state index is -0.835. The van der Waals surface area contributed by atoms with Crippen molar-refractivity contribution < 1.29 is 24.2 Å². The molecule has 1 saturated heterocycles. The van der Waals surface area contributed by atoms with Crippen molar-refractivity contribution in [3.05, 3.63) is 89.8 Å². The zero-order valence-electron chi connectivity index (χ0n) is 19.3. The van der Waals surface area contributed by atoms with E-state index in [1.165, 1.54) is 4.90 Å². The zero-order valence-corrected chi connectivity index (χ0v) is 19.3. The Balaban J connectivity index is 1.81. The number of ether oxygens (including phenoxy) is 2. The van der Waals surface area contributed by atoms with Crippen LogP contribution in [0.3, 0.4) is 0 Å². The lowest BCUT2D eigenvalue weighted by molar-refractivity contribution is -0.132. The van der Waals surface area contributed by atoms with Gasteiger partial charge in [0.05, 0.1) is 24.3 Å². The number of hydrogen-bond acceptors (Lipinski definition) is 6. The molecule has 1 unspecified atom stereocenters. The monoisotopic (exact) mass is 458 g/mol. The fourth-order valence-electron chi connectivity index (χ4n) is 3.94. The van der Waals surface area contributed by atoms with Crippen LogP contribution in [0.2, 0.25) is 0 Å². The summed E-state index contributed by atoms with van der Waals surface area (Å²) < 4.78 is 11.2. The van der Waals surface area contributed by atoms with Gasteiger partial charge in [-0.3, -0.25) is 19.5 Å². The molecule has 4 rings (SSSR count). The molecule has 1 fully saturated rings. The molecule has 0 aliphatic carbocycles. The minimum absolute atomic E-state index is 0.00409. The molecule has 7 nitrogen and oxygen atoms in total. The van der Waals surface area contributed by atoms with Gasteiger partial charge in [-0.2, -0.15) is 0 Å². The highest BCUT2D eigenvalue weighted by Gasteiger charge is 2.47. The largest absolute Gasteiger partial charge is 0.507 e. The van der Waals surface area contributed by atoms with E-state index in [0.29, 0.717) is 34.9 Å². The van der Waals surface area contributed by atoms with Gasteiger partial charge in [0.25, 0.3) is 11.7 Å². The molecule has 1 atom stereocenters. The van der Waals surface area contributed by atoms with Gasteiger partial charge in [-0.25, -0.2) is 0 Å². The van der Waals surface area contributed by atoms with Gasteiger partial charge in [0.15, 0.2) is 0 Å². The lowest BCUT2D eigenvalue weighted by atomic mass is 9.96. The molecule has 0 saturated carbocycles. The van der Waals surface area contributed by atoms with Crippen LogP contribution in [0.15, 0.2) is 78.6 Å². The Hall–Kier alpha value is -4.13. The van der Waals surface area contributed by atoms with Gasteiger partial charge in [-0.05, 0) is 80.9 Å². The molecule has 0 spiro atoms. The second-order valence-corrected chi connectivity index (χ2v) is 8.07. The smallest absolute Gasteiger partial charge is 0.300 e. The Bertz CT molecular complexity index is 1200. The number of Topliss-reactive ketones (excluding diaryl/α,β-unsaturated/α-hetero) is 1. The van der Waals surface area contributed by atoms with E-state index in [1.807, 2.05) is 20.8 Å². The number of ketones is 1. The van der Waals surface area contributed by atoms with Crippen molar-refractivity contribution >= 4 is 23.1 Å². The van der Waals surface area contributed by atoms with E-state index in [9.17, 15) is 14.7 Å². The third-order valence-corrected chi connectivity index (χ3v) is 5.37. The summed E-state index contributed by atoms with van der Waals surface area (Å²) in [5.41, 5.74) is 1.54. The highest BCUT2D eigenvalue weighted by Crippen LogP contribution is 2.42. The Kier molecular flexibility index (Phi) is 6.63. The van der Waals surface area contributed by atoms with Gasteiger partial charge < -0.3 is 14.6 Å². The molecular weight excluding hydrogens is 432 g/mol. The Morgan fingerprint density at radius 1 is 1.03 bits per heavy atom. The summed E-state index contributed by atoms with van der Waals surface area (Å²) in [6.45, 7) is 6.24. The maximum atomic E-state index is 13.2. The maximum Gasteiger partial charge on any atom is 0.300 e. The summed E-state index contributed by atoms with van der Waals surface area (Å²) in [6.07, 6.45) is 3.20. The van der Waals surface area contributed by atoms with Gasteiger partial charge in [0.1, 0.15) is 17.3 Å². The van der Waals surface area contributed by atoms with E-state index in [-0.39, 0.29) is 17.4 Å². The van der Waals surface area contributed by atoms with Crippen molar-refractivity contribution in [1.29, 1.82) is 0 Å². The first kappa shape index (κ1) is 23.0. The second-order valence-electron chi connectivity index (χ2n) is 8.07. The van der Waals surface area contributed by atoms with E-state index in [2.05, 4.69) is 4.98 Å². The number of pyridine rings is 1. The number of nitrogens with zero attached hydrogens (tertiary/aromatic N) is 2. The molecule has 1 amide bonds. The predicted molar refractivity (Wildman–Crippen MR) is 129 cm³/mol. The summed E-state index contributed by atoms with van der Waals surface area (Å²) in [6, 6.07) is 16.4.